The number of imide groups is 2. The molecule has 0 radical (unpaired) electrons. The predicted octanol–water partition coefficient (Wildman–Crippen LogP) is 2.48. The minimum Gasteiger partial charge on any atom is -0.469 e. The molecule has 0 N–H and O–H groups in total. The van der Waals surface area contributed by atoms with E-state index in [2.05, 4.69) is 0 Å². The molecule has 4 bridgehead atoms. The van der Waals surface area contributed by atoms with Gasteiger partial charge in [-0.25, -0.2) is 0 Å². The van der Waals surface area contributed by atoms with Crippen molar-refractivity contribution in [1.82, 2.24) is 9.80 Å². The number of hydrogen-bond donors (Lipinski definition) is 0. The number of ether oxygens (including phenoxy) is 2. The number of carbonyl (C=O) groups is 6. The lowest BCUT2D eigenvalue weighted by atomic mass is 9.51. The molecule has 218 valence electrons. The van der Waals surface area contributed by atoms with Gasteiger partial charge in [0.2, 0.25) is 23.6 Å². The van der Waals surface area contributed by atoms with Crippen LogP contribution in [0.25, 0.3) is 0 Å². The highest BCUT2D eigenvalue weighted by Crippen LogP contribution is 2.61. The van der Waals surface area contributed by atoms with Gasteiger partial charge in [0.25, 0.3) is 0 Å². The molecule has 10 heteroatoms. The first-order valence-electron chi connectivity index (χ1n) is 15.1. The molecule has 8 rings (SSSR count). The largest absolute Gasteiger partial charge is 0.469 e. The number of amides is 4. The van der Waals surface area contributed by atoms with E-state index in [-0.39, 0.29) is 47.4 Å². The van der Waals surface area contributed by atoms with Gasteiger partial charge in [-0.2, -0.15) is 0 Å². The van der Waals surface area contributed by atoms with Crippen molar-refractivity contribution < 1.29 is 38.2 Å². The van der Waals surface area contributed by atoms with E-state index in [4.69, 9.17) is 9.47 Å². The van der Waals surface area contributed by atoms with Crippen molar-refractivity contribution in [3.05, 3.63) is 0 Å². The lowest BCUT2D eigenvalue weighted by molar-refractivity contribution is -0.173. The van der Waals surface area contributed by atoms with Gasteiger partial charge >= 0.3 is 11.9 Å². The highest BCUT2D eigenvalue weighted by molar-refractivity contribution is 6.09. The summed E-state index contributed by atoms with van der Waals surface area (Å²) >= 11 is 0. The Morgan fingerprint density at radius 1 is 0.625 bits per heavy atom. The van der Waals surface area contributed by atoms with Crippen LogP contribution in [-0.2, 0) is 38.2 Å². The second kappa shape index (κ2) is 9.94. The Balaban J connectivity index is 1.02. The van der Waals surface area contributed by atoms with Crippen molar-refractivity contribution >= 4 is 35.6 Å². The van der Waals surface area contributed by atoms with Gasteiger partial charge in [-0.15, -0.1) is 0 Å². The second-order valence-corrected chi connectivity index (χ2v) is 13.0. The summed E-state index contributed by atoms with van der Waals surface area (Å²) in [5.74, 6) is -3.16. The second-order valence-electron chi connectivity index (χ2n) is 13.0. The fourth-order valence-electron chi connectivity index (χ4n) is 9.67. The monoisotopic (exact) mass is 556 g/mol. The number of carbonyl (C=O) groups excluding carboxylic acids is 6. The summed E-state index contributed by atoms with van der Waals surface area (Å²) in [6, 6.07) is 0. The molecule has 2 aliphatic heterocycles. The van der Waals surface area contributed by atoms with E-state index in [9.17, 15) is 28.8 Å². The van der Waals surface area contributed by atoms with Gasteiger partial charge in [0.1, 0.15) is 0 Å². The van der Waals surface area contributed by atoms with Crippen LogP contribution < -0.4 is 0 Å². The molecule has 6 saturated carbocycles. The molecule has 4 atom stereocenters. The van der Waals surface area contributed by atoms with Crippen LogP contribution in [0, 0.1) is 46.3 Å². The maximum Gasteiger partial charge on any atom is 0.312 e. The molecule has 0 aromatic rings. The summed E-state index contributed by atoms with van der Waals surface area (Å²) < 4.78 is 10.2. The zero-order valence-electron chi connectivity index (χ0n) is 23.5. The van der Waals surface area contributed by atoms with E-state index in [0.717, 1.165) is 38.5 Å². The smallest absolute Gasteiger partial charge is 0.312 e. The lowest BCUT2D eigenvalue weighted by Gasteiger charge is -2.49. The van der Waals surface area contributed by atoms with Crippen molar-refractivity contribution in [2.45, 2.75) is 77.0 Å². The van der Waals surface area contributed by atoms with Gasteiger partial charge in [0.15, 0.2) is 0 Å². The van der Waals surface area contributed by atoms with Crippen LogP contribution >= 0.6 is 0 Å². The van der Waals surface area contributed by atoms with Crippen LogP contribution in [0.3, 0.4) is 0 Å². The minimum atomic E-state index is -0.867. The first-order valence-corrected chi connectivity index (χ1v) is 15.1. The number of hydrogen-bond acceptors (Lipinski definition) is 8. The quantitative estimate of drug-likeness (QED) is 0.241. The van der Waals surface area contributed by atoms with Crippen LogP contribution in [-0.4, -0.2) is 72.7 Å². The number of nitrogens with zero attached hydrogens (tertiary/aromatic N) is 2. The average Bonchev–Trinajstić information content (AvgIpc) is 3.42. The lowest BCUT2D eigenvalue weighted by Crippen LogP contribution is -2.54. The molecule has 8 aliphatic rings. The molecule has 0 spiro atoms. The summed E-state index contributed by atoms with van der Waals surface area (Å²) in [6.07, 6.45) is 8.30. The number of unbranched alkanes of at least 4 members (excludes halogenated alkanes) is 3. The molecule has 6 aliphatic carbocycles. The Kier molecular flexibility index (Phi) is 6.81. The summed E-state index contributed by atoms with van der Waals surface area (Å²) in [6.45, 7) is 0.646. The molecule has 10 nitrogen and oxygen atoms in total. The highest BCUT2D eigenvalue weighted by atomic mass is 16.5. The maximum atomic E-state index is 13.4. The van der Waals surface area contributed by atoms with E-state index in [1.54, 1.807) is 0 Å². The summed E-state index contributed by atoms with van der Waals surface area (Å²) in [5, 5.41) is 0. The molecule has 8 fully saturated rings. The van der Waals surface area contributed by atoms with E-state index in [1.807, 2.05) is 0 Å². The molecular formula is C30H40N2O8. The van der Waals surface area contributed by atoms with Gasteiger partial charge in [0.05, 0.1) is 48.7 Å². The number of rotatable bonds is 9. The molecule has 0 aromatic heterocycles. The maximum absolute atomic E-state index is 13.4. The molecule has 4 amide bonds. The first-order chi connectivity index (χ1) is 19.2. The van der Waals surface area contributed by atoms with Crippen molar-refractivity contribution in [3.63, 3.8) is 0 Å². The molecular weight excluding hydrogens is 516 g/mol. The normalized spacial score (nSPS) is 39.5. The Labute approximate surface area is 234 Å². The topological polar surface area (TPSA) is 127 Å². The minimum absolute atomic E-state index is 0.141. The third kappa shape index (κ3) is 3.66. The number of esters is 2. The Morgan fingerprint density at radius 2 is 0.975 bits per heavy atom. The van der Waals surface area contributed by atoms with Crippen LogP contribution in [0.2, 0.25) is 0 Å². The first kappa shape index (κ1) is 27.4. The van der Waals surface area contributed by atoms with Crippen LogP contribution in [0.1, 0.15) is 77.0 Å². The van der Waals surface area contributed by atoms with Crippen molar-refractivity contribution in [2.75, 3.05) is 27.3 Å². The summed E-state index contributed by atoms with van der Waals surface area (Å²) in [7, 11) is 2.70. The fourth-order valence-corrected chi connectivity index (χ4v) is 9.67. The summed E-state index contributed by atoms with van der Waals surface area (Å²) in [5.41, 5.74) is -1.73. The highest BCUT2D eigenvalue weighted by Gasteiger charge is 2.68. The molecule has 2 saturated heterocycles. The number of methoxy groups -OCH3 is 2. The predicted molar refractivity (Wildman–Crippen MR) is 139 cm³/mol. The van der Waals surface area contributed by atoms with Crippen molar-refractivity contribution in [1.29, 1.82) is 0 Å². The van der Waals surface area contributed by atoms with Crippen molar-refractivity contribution in [3.8, 4) is 0 Å². The van der Waals surface area contributed by atoms with E-state index in [1.165, 1.54) is 24.0 Å². The Bertz CT molecular complexity index is 1040. The van der Waals surface area contributed by atoms with E-state index < -0.39 is 34.5 Å². The molecule has 0 unspecified atom stereocenters. The molecule has 40 heavy (non-hydrogen) atoms. The van der Waals surface area contributed by atoms with E-state index >= 15 is 0 Å². The van der Waals surface area contributed by atoms with Crippen LogP contribution in [0.15, 0.2) is 0 Å². The Morgan fingerprint density at radius 3 is 1.30 bits per heavy atom. The summed E-state index contributed by atoms with van der Waals surface area (Å²) in [4.78, 5) is 81.6. The molecule has 2 heterocycles. The van der Waals surface area contributed by atoms with Crippen LogP contribution in [0.4, 0.5) is 0 Å². The average molecular weight is 557 g/mol. The van der Waals surface area contributed by atoms with Gasteiger partial charge in [-0.1, -0.05) is 12.8 Å². The standard InChI is InChI=1S/C30H40N2O8/c1-39-27(37)29-11-7-17(8-12-29)19-21(29)25(35)31(23(19)33)15-5-3-4-6-16-32-24(34)20-18-9-13-30(14-10-18,28(38)40-2)22(20)26(32)36/h17-22H,3-16H2,1-2H3/t17?,18?,19-,20+,21-,22+,29?,30?. The fraction of sp³-hybridized carbons (Fsp3) is 0.800. The zero-order chi connectivity index (χ0) is 28.4. The van der Waals surface area contributed by atoms with Gasteiger partial charge < -0.3 is 9.47 Å². The zero-order valence-corrected chi connectivity index (χ0v) is 23.5. The van der Waals surface area contributed by atoms with Gasteiger partial charge in [-0.05, 0) is 76.0 Å². The van der Waals surface area contributed by atoms with Gasteiger partial charge in [-0.3, -0.25) is 38.6 Å². The SMILES string of the molecule is COC(=O)C12CCC(CC1)[C@@H]1C(=O)N(CCCCCCN3C(=O)[C@@H]4C5CCC(C(=O)OC)(CC5)[C@H]4C3=O)C(=O)[C@H]12. The van der Waals surface area contributed by atoms with E-state index in [0.29, 0.717) is 51.6 Å². The Hall–Kier alpha value is -2.78. The molecule has 0 aromatic carbocycles. The number of fused-ring (bicyclic) bond motifs is 4. The number of likely N-dealkylation sites (tertiary alicyclic amines) is 2. The van der Waals surface area contributed by atoms with Crippen LogP contribution in [0.5, 0.6) is 0 Å². The third-order valence-electron chi connectivity index (χ3n) is 11.6. The third-order valence-corrected chi connectivity index (χ3v) is 11.6. The van der Waals surface area contributed by atoms with Crippen molar-refractivity contribution in [2.24, 2.45) is 46.3 Å². The van der Waals surface area contributed by atoms with Gasteiger partial charge in [0, 0.05) is 13.1 Å².